The van der Waals surface area contributed by atoms with Gasteiger partial charge in [-0.3, -0.25) is 9.59 Å². The average Bonchev–Trinajstić information content (AvgIpc) is 2.51. The number of hydrogen-bond donors (Lipinski definition) is 2. The zero-order valence-electron chi connectivity index (χ0n) is 14.3. The van der Waals surface area contributed by atoms with Crippen LogP contribution in [0, 0.1) is 5.92 Å². The standard InChI is InChI=1S/C17H26N2O4/c1-12(2)7-10-23-15-6-5-14(11-16(15)22-4)17(21)19-9-8-18-13(3)20/h5-6,11-12H,7-10H2,1-4H3,(H,18,20)(H,19,21). The van der Waals surface area contributed by atoms with Gasteiger partial charge in [-0.25, -0.2) is 0 Å². The van der Waals surface area contributed by atoms with Crippen molar-refractivity contribution in [2.24, 2.45) is 5.92 Å². The van der Waals surface area contributed by atoms with Gasteiger partial charge in [0.15, 0.2) is 11.5 Å². The molecular weight excluding hydrogens is 296 g/mol. The lowest BCUT2D eigenvalue weighted by Gasteiger charge is -2.13. The van der Waals surface area contributed by atoms with E-state index in [1.807, 2.05) is 0 Å². The summed E-state index contributed by atoms with van der Waals surface area (Å²) in [5.41, 5.74) is 0.487. The van der Waals surface area contributed by atoms with Crippen LogP contribution in [0.4, 0.5) is 0 Å². The molecule has 0 fully saturated rings. The van der Waals surface area contributed by atoms with Crippen molar-refractivity contribution in [1.29, 1.82) is 0 Å². The van der Waals surface area contributed by atoms with Crippen molar-refractivity contribution in [3.8, 4) is 11.5 Å². The molecule has 0 atom stereocenters. The second-order valence-electron chi connectivity index (χ2n) is 5.64. The minimum absolute atomic E-state index is 0.121. The average molecular weight is 322 g/mol. The Labute approximate surface area is 137 Å². The number of ether oxygens (including phenoxy) is 2. The lowest BCUT2D eigenvalue weighted by atomic mass is 10.1. The molecule has 0 heterocycles. The summed E-state index contributed by atoms with van der Waals surface area (Å²) in [5, 5.41) is 5.35. The first-order valence-corrected chi connectivity index (χ1v) is 7.77. The van der Waals surface area contributed by atoms with E-state index in [4.69, 9.17) is 9.47 Å². The molecule has 2 amide bonds. The number of nitrogens with one attached hydrogen (secondary N) is 2. The lowest BCUT2D eigenvalue weighted by molar-refractivity contribution is -0.118. The number of carbonyl (C=O) groups is 2. The molecule has 1 aromatic rings. The fraction of sp³-hybridized carbons (Fsp3) is 0.529. The van der Waals surface area contributed by atoms with E-state index in [0.717, 1.165) is 6.42 Å². The van der Waals surface area contributed by atoms with E-state index in [1.54, 1.807) is 25.3 Å². The number of methoxy groups -OCH3 is 1. The Morgan fingerprint density at radius 1 is 1.13 bits per heavy atom. The van der Waals surface area contributed by atoms with E-state index in [1.165, 1.54) is 6.92 Å². The van der Waals surface area contributed by atoms with E-state index < -0.39 is 0 Å². The third-order valence-corrected chi connectivity index (χ3v) is 3.16. The van der Waals surface area contributed by atoms with Crippen LogP contribution < -0.4 is 20.1 Å². The summed E-state index contributed by atoms with van der Waals surface area (Å²) in [6.45, 7) is 7.08. The predicted octanol–water partition coefficient (Wildman–Crippen LogP) is 1.99. The number of amides is 2. The normalized spacial score (nSPS) is 10.3. The third-order valence-electron chi connectivity index (χ3n) is 3.16. The monoisotopic (exact) mass is 322 g/mol. The fourth-order valence-electron chi connectivity index (χ4n) is 1.85. The number of benzene rings is 1. The Kier molecular flexibility index (Phi) is 7.94. The molecule has 0 saturated carbocycles. The van der Waals surface area contributed by atoms with Gasteiger partial charge in [-0.05, 0) is 30.5 Å². The predicted molar refractivity (Wildman–Crippen MR) is 89.0 cm³/mol. The minimum Gasteiger partial charge on any atom is -0.493 e. The van der Waals surface area contributed by atoms with Crippen LogP contribution in [0.3, 0.4) is 0 Å². The van der Waals surface area contributed by atoms with E-state index >= 15 is 0 Å². The van der Waals surface area contributed by atoms with E-state index in [2.05, 4.69) is 24.5 Å². The molecule has 0 radical (unpaired) electrons. The van der Waals surface area contributed by atoms with Crippen LogP contribution in [-0.4, -0.2) is 38.6 Å². The summed E-state index contributed by atoms with van der Waals surface area (Å²) in [6, 6.07) is 5.08. The van der Waals surface area contributed by atoms with Crippen LogP contribution in [-0.2, 0) is 4.79 Å². The van der Waals surface area contributed by atoms with E-state index in [0.29, 0.717) is 42.7 Å². The maximum atomic E-state index is 12.1. The molecule has 0 spiro atoms. The van der Waals surface area contributed by atoms with Gasteiger partial charge in [0.2, 0.25) is 5.91 Å². The van der Waals surface area contributed by atoms with Crippen LogP contribution in [0.2, 0.25) is 0 Å². The highest BCUT2D eigenvalue weighted by molar-refractivity contribution is 5.94. The summed E-state index contributed by atoms with van der Waals surface area (Å²) >= 11 is 0. The van der Waals surface area contributed by atoms with Crippen LogP contribution >= 0.6 is 0 Å². The summed E-state index contributed by atoms with van der Waals surface area (Å²) in [5.74, 6) is 1.38. The Morgan fingerprint density at radius 3 is 2.43 bits per heavy atom. The fourth-order valence-corrected chi connectivity index (χ4v) is 1.85. The van der Waals surface area contributed by atoms with Crippen molar-refractivity contribution in [3.05, 3.63) is 23.8 Å². The highest BCUT2D eigenvalue weighted by Crippen LogP contribution is 2.28. The maximum absolute atomic E-state index is 12.1. The highest BCUT2D eigenvalue weighted by atomic mass is 16.5. The molecule has 128 valence electrons. The van der Waals surface area contributed by atoms with Crippen LogP contribution in [0.1, 0.15) is 37.6 Å². The summed E-state index contributed by atoms with van der Waals surface area (Å²) in [7, 11) is 1.54. The van der Waals surface area contributed by atoms with Gasteiger partial charge in [0.1, 0.15) is 0 Å². The molecule has 0 aliphatic carbocycles. The second-order valence-corrected chi connectivity index (χ2v) is 5.64. The Balaban J connectivity index is 2.59. The molecule has 0 unspecified atom stereocenters. The maximum Gasteiger partial charge on any atom is 0.251 e. The Bertz CT molecular complexity index is 529. The smallest absolute Gasteiger partial charge is 0.251 e. The quantitative estimate of drug-likeness (QED) is 0.682. The molecule has 6 heteroatoms. The van der Waals surface area contributed by atoms with Gasteiger partial charge in [0.25, 0.3) is 5.91 Å². The third kappa shape index (κ3) is 7.04. The molecule has 6 nitrogen and oxygen atoms in total. The molecule has 0 aliphatic rings. The van der Waals surface area contributed by atoms with Gasteiger partial charge in [-0.2, -0.15) is 0 Å². The van der Waals surface area contributed by atoms with E-state index in [9.17, 15) is 9.59 Å². The zero-order valence-corrected chi connectivity index (χ0v) is 14.3. The van der Waals surface area contributed by atoms with Gasteiger partial charge < -0.3 is 20.1 Å². The highest BCUT2D eigenvalue weighted by Gasteiger charge is 2.11. The molecule has 1 aromatic carbocycles. The first kappa shape index (κ1) is 18.8. The van der Waals surface area contributed by atoms with Gasteiger partial charge in [-0.15, -0.1) is 0 Å². The van der Waals surface area contributed by atoms with Gasteiger partial charge >= 0.3 is 0 Å². The molecule has 0 bridgehead atoms. The van der Waals surface area contributed by atoms with Crippen molar-refractivity contribution < 1.29 is 19.1 Å². The number of rotatable bonds is 9. The molecule has 23 heavy (non-hydrogen) atoms. The second kappa shape index (κ2) is 9.71. The van der Waals surface area contributed by atoms with Gasteiger partial charge in [0.05, 0.1) is 13.7 Å². The van der Waals surface area contributed by atoms with Crippen LogP contribution in [0.15, 0.2) is 18.2 Å². The molecule has 1 rings (SSSR count). The van der Waals surface area contributed by atoms with Crippen molar-refractivity contribution in [1.82, 2.24) is 10.6 Å². The molecule has 2 N–H and O–H groups in total. The molecular formula is C17H26N2O4. The van der Waals surface area contributed by atoms with Crippen LogP contribution in [0.5, 0.6) is 11.5 Å². The van der Waals surface area contributed by atoms with Gasteiger partial charge in [-0.1, -0.05) is 13.8 Å². The molecule has 0 aromatic heterocycles. The van der Waals surface area contributed by atoms with Crippen molar-refractivity contribution in [3.63, 3.8) is 0 Å². The van der Waals surface area contributed by atoms with Crippen molar-refractivity contribution >= 4 is 11.8 Å². The zero-order chi connectivity index (χ0) is 17.2. The lowest BCUT2D eigenvalue weighted by Crippen LogP contribution is -2.33. The Hall–Kier alpha value is -2.24. The molecule has 0 saturated heterocycles. The summed E-state index contributed by atoms with van der Waals surface area (Å²) in [6.07, 6.45) is 0.953. The Morgan fingerprint density at radius 2 is 1.83 bits per heavy atom. The van der Waals surface area contributed by atoms with Gasteiger partial charge in [0, 0.05) is 25.6 Å². The van der Waals surface area contributed by atoms with E-state index in [-0.39, 0.29) is 11.8 Å². The first-order chi connectivity index (χ1) is 10.9. The summed E-state index contributed by atoms with van der Waals surface area (Å²) < 4.78 is 11.0. The topological polar surface area (TPSA) is 76.7 Å². The number of carbonyl (C=O) groups excluding carboxylic acids is 2. The summed E-state index contributed by atoms with van der Waals surface area (Å²) in [4.78, 5) is 22.8. The first-order valence-electron chi connectivity index (χ1n) is 7.77. The molecule has 0 aliphatic heterocycles. The minimum atomic E-state index is -0.220. The number of hydrogen-bond acceptors (Lipinski definition) is 4. The SMILES string of the molecule is COc1cc(C(=O)NCCNC(C)=O)ccc1OCCC(C)C. The van der Waals surface area contributed by atoms with Crippen LogP contribution in [0.25, 0.3) is 0 Å². The van der Waals surface area contributed by atoms with Crippen molar-refractivity contribution in [2.75, 3.05) is 26.8 Å². The largest absolute Gasteiger partial charge is 0.493 e. The van der Waals surface area contributed by atoms with Crippen molar-refractivity contribution in [2.45, 2.75) is 27.2 Å².